The van der Waals surface area contributed by atoms with Crippen molar-refractivity contribution in [2.24, 2.45) is 0 Å². The van der Waals surface area contributed by atoms with E-state index in [2.05, 4.69) is 19.4 Å². The topological polar surface area (TPSA) is 142 Å². The minimum Gasteiger partial charge on any atom is -0.465 e. The van der Waals surface area contributed by atoms with Crippen molar-refractivity contribution in [1.82, 2.24) is 9.97 Å². The summed E-state index contributed by atoms with van der Waals surface area (Å²) in [6, 6.07) is 2.29. The number of aromatic nitrogens is 2. The van der Waals surface area contributed by atoms with Crippen molar-refractivity contribution in [2.75, 3.05) is 20.8 Å². The van der Waals surface area contributed by atoms with Gasteiger partial charge in [-0.2, -0.15) is 0 Å². The van der Waals surface area contributed by atoms with Gasteiger partial charge in [-0.25, -0.2) is 19.4 Å². The smallest absolute Gasteiger partial charge is 0.356 e. The van der Waals surface area contributed by atoms with Crippen LogP contribution in [0.25, 0.3) is 11.3 Å². The van der Waals surface area contributed by atoms with Crippen LogP contribution in [0.2, 0.25) is 0 Å². The standard InChI is InChI=1S/C18H14N2O8/c1-4-28-18(25)10-6-8-12-11(14(21)15(22)13(8)20-10)7(16(23)26-2)5-9(19-12)17(24)27-3/h5-6,20H,4H2,1-3H3. The maximum Gasteiger partial charge on any atom is 0.356 e. The first kappa shape index (κ1) is 19.0. The summed E-state index contributed by atoms with van der Waals surface area (Å²) in [5.41, 5.74) is -1.19. The van der Waals surface area contributed by atoms with E-state index in [-0.39, 0.29) is 46.1 Å². The van der Waals surface area contributed by atoms with Crippen molar-refractivity contribution in [3.8, 4) is 11.3 Å². The molecule has 3 rings (SSSR count). The van der Waals surface area contributed by atoms with Crippen LogP contribution >= 0.6 is 0 Å². The number of hydrogen-bond donors (Lipinski definition) is 1. The number of ketones is 2. The third-order valence-electron chi connectivity index (χ3n) is 4.05. The van der Waals surface area contributed by atoms with Gasteiger partial charge < -0.3 is 19.2 Å². The number of aromatic amines is 1. The number of ether oxygens (including phenoxy) is 3. The fraction of sp³-hybridized carbons (Fsp3) is 0.222. The molecule has 0 fully saturated rings. The van der Waals surface area contributed by atoms with E-state index in [9.17, 15) is 24.0 Å². The molecule has 0 unspecified atom stereocenters. The van der Waals surface area contributed by atoms with Crippen LogP contribution in [0.5, 0.6) is 0 Å². The maximum atomic E-state index is 12.6. The van der Waals surface area contributed by atoms with Crippen molar-refractivity contribution in [1.29, 1.82) is 0 Å². The molecule has 0 amide bonds. The van der Waals surface area contributed by atoms with Gasteiger partial charge in [0.15, 0.2) is 0 Å². The molecule has 0 radical (unpaired) electrons. The highest BCUT2D eigenvalue weighted by molar-refractivity contribution is 6.53. The molecule has 1 aliphatic rings. The zero-order chi connectivity index (χ0) is 20.6. The highest BCUT2D eigenvalue weighted by Crippen LogP contribution is 2.35. The van der Waals surface area contributed by atoms with Gasteiger partial charge in [0.05, 0.1) is 37.6 Å². The molecule has 10 nitrogen and oxygen atoms in total. The third kappa shape index (κ3) is 2.84. The Kier molecular flexibility index (Phi) is 4.78. The highest BCUT2D eigenvalue weighted by Gasteiger charge is 2.38. The number of fused-ring (bicyclic) bond motifs is 3. The summed E-state index contributed by atoms with van der Waals surface area (Å²) in [5.74, 6) is -4.52. The largest absolute Gasteiger partial charge is 0.465 e. The van der Waals surface area contributed by atoms with E-state index in [1.54, 1.807) is 6.92 Å². The van der Waals surface area contributed by atoms with E-state index >= 15 is 0 Å². The molecule has 2 aromatic heterocycles. The highest BCUT2D eigenvalue weighted by atomic mass is 16.5. The lowest BCUT2D eigenvalue weighted by molar-refractivity contribution is 0.0518. The summed E-state index contributed by atoms with van der Waals surface area (Å²) in [5, 5.41) is 0. The van der Waals surface area contributed by atoms with Crippen molar-refractivity contribution in [3.63, 3.8) is 0 Å². The maximum absolute atomic E-state index is 12.6. The molecule has 0 bridgehead atoms. The minimum absolute atomic E-state index is 0.0780. The van der Waals surface area contributed by atoms with E-state index in [1.165, 1.54) is 6.07 Å². The Balaban J connectivity index is 2.32. The summed E-state index contributed by atoms with van der Waals surface area (Å²) < 4.78 is 14.2. The van der Waals surface area contributed by atoms with E-state index < -0.39 is 29.5 Å². The second-order valence-corrected chi connectivity index (χ2v) is 5.61. The number of esters is 3. The molecule has 0 aromatic carbocycles. The number of nitrogens with one attached hydrogen (secondary N) is 1. The second kappa shape index (κ2) is 7.06. The molecule has 0 atom stereocenters. The first-order valence-electron chi connectivity index (χ1n) is 8.05. The molecule has 0 aliphatic heterocycles. The quantitative estimate of drug-likeness (QED) is 0.466. The molecule has 1 N–H and O–H groups in total. The van der Waals surface area contributed by atoms with Crippen LogP contribution in [-0.4, -0.2) is 60.3 Å². The SMILES string of the molecule is CCOC(=O)c1cc2c([nH]1)C(=O)C(=O)c1c(C(=O)OC)cc(C(=O)OC)nc1-2. The zero-order valence-corrected chi connectivity index (χ0v) is 15.1. The van der Waals surface area contributed by atoms with E-state index in [0.717, 1.165) is 20.3 Å². The monoisotopic (exact) mass is 386 g/mol. The predicted molar refractivity (Wildman–Crippen MR) is 91.3 cm³/mol. The third-order valence-corrected chi connectivity index (χ3v) is 4.05. The van der Waals surface area contributed by atoms with Gasteiger partial charge in [0, 0.05) is 5.56 Å². The second-order valence-electron chi connectivity index (χ2n) is 5.61. The number of methoxy groups -OCH3 is 2. The number of nitrogens with zero attached hydrogens (tertiary/aromatic N) is 1. The molecule has 2 heterocycles. The van der Waals surface area contributed by atoms with Crippen LogP contribution in [0.4, 0.5) is 0 Å². The molecule has 0 saturated carbocycles. The number of H-pyrrole nitrogens is 1. The van der Waals surface area contributed by atoms with Gasteiger partial charge in [0.1, 0.15) is 17.1 Å². The van der Waals surface area contributed by atoms with Gasteiger partial charge in [-0.05, 0) is 19.1 Å². The van der Waals surface area contributed by atoms with E-state index in [0.29, 0.717) is 0 Å². The lowest BCUT2D eigenvalue weighted by Crippen LogP contribution is -2.26. The number of hydrogen-bond acceptors (Lipinski definition) is 9. The predicted octanol–water partition coefficient (Wildman–Crippen LogP) is 1.21. The Labute approximate surface area is 157 Å². The molecule has 1 aliphatic carbocycles. The van der Waals surface area contributed by atoms with Gasteiger partial charge in [-0.15, -0.1) is 0 Å². The normalized spacial score (nSPS) is 12.1. The fourth-order valence-corrected chi connectivity index (χ4v) is 2.82. The van der Waals surface area contributed by atoms with Gasteiger partial charge in [-0.1, -0.05) is 0 Å². The van der Waals surface area contributed by atoms with Gasteiger partial charge in [0.2, 0.25) is 11.6 Å². The first-order chi connectivity index (χ1) is 13.3. The summed E-state index contributed by atoms with van der Waals surface area (Å²) in [7, 11) is 2.21. The Hall–Kier alpha value is -3.82. The lowest BCUT2D eigenvalue weighted by Gasteiger charge is -2.17. The fourth-order valence-electron chi connectivity index (χ4n) is 2.82. The Bertz CT molecular complexity index is 1050. The average Bonchev–Trinajstić information content (AvgIpc) is 3.16. The summed E-state index contributed by atoms with van der Waals surface area (Å²) in [4.78, 5) is 67.9. The Morgan fingerprint density at radius 2 is 1.68 bits per heavy atom. The molecule has 28 heavy (non-hydrogen) atoms. The van der Waals surface area contributed by atoms with Gasteiger partial charge in [0.25, 0.3) is 0 Å². The summed E-state index contributed by atoms with van der Waals surface area (Å²) >= 11 is 0. The number of rotatable bonds is 4. The van der Waals surface area contributed by atoms with E-state index in [1.807, 2.05) is 0 Å². The van der Waals surface area contributed by atoms with Crippen molar-refractivity contribution < 1.29 is 38.2 Å². The molecular weight excluding hydrogens is 372 g/mol. The molecule has 144 valence electrons. The van der Waals surface area contributed by atoms with Crippen molar-refractivity contribution >= 4 is 29.5 Å². The first-order valence-corrected chi connectivity index (χ1v) is 8.05. The molecule has 0 saturated heterocycles. The summed E-state index contributed by atoms with van der Waals surface area (Å²) in [6.07, 6.45) is 0. The number of carbonyl (C=O) groups excluding carboxylic acids is 5. The Morgan fingerprint density at radius 1 is 1.00 bits per heavy atom. The molecule has 2 aromatic rings. The van der Waals surface area contributed by atoms with E-state index in [4.69, 9.17) is 4.74 Å². The average molecular weight is 386 g/mol. The van der Waals surface area contributed by atoms with Crippen molar-refractivity contribution in [2.45, 2.75) is 6.92 Å². The van der Waals surface area contributed by atoms with Crippen LogP contribution in [0.3, 0.4) is 0 Å². The molecule has 0 spiro atoms. The summed E-state index contributed by atoms with van der Waals surface area (Å²) in [6.45, 7) is 1.71. The van der Waals surface area contributed by atoms with Crippen LogP contribution in [0.15, 0.2) is 12.1 Å². The van der Waals surface area contributed by atoms with Gasteiger partial charge in [-0.3, -0.25) is 9.59 Å². The minimum atomic E-state index is -1.02. The molecular formula is C18H14N2O8. The lowest BCUT2D eigenvalue weighted by atomic mass is 9.88. The van der Waals surface area contributed by atoms with Crippen LogP contribution in [-0.2, 0) is 14.2 Å². The van der Waals surface area contributed by atoms with Crippen LogP contribution in [0, 0.1) is 0 Å². The van der Waals surface area contributed by atoms with Gasteiger partial charge >= 0.3 is 17.9 Å². The number of pyridine rings is 1. The number of carbonyl (C=O) groups is 5. The Morgan fingerprint density at radius 3 is 2.29 bits per heavy atom. The van der Waals surface area contributed by atoms with Crippen molar-refractivity contribution in [3.05, 3.63) is 40.3 Å². The number of Topliss-reactive ketones (excluding diaryl/α,β-unsaturated/α-hetero) is 2. The van der Waals surface area contributed by atoms with Crippen LogP contribution in [0.1, 0.15) is 59.1 Å². The molecule has 10 heteroatoms. The van der Waals surface area contributed by atoms with Crippen LogP contribution < -0.4 is 0 Å². The zero-order valence-electron chi connectivity index (χ0n) is 15.1.